The van der Waals surface area contributed by atoms with Gasteiger partial charge in [0.2, 0.25) is 0 Å². The summed E-state index contributed by atoms with van der Waals surface area (Å²) in [6, 6.07) is -0.453. The molecule has 1 heterocycles. The fourth-order valence-electron chi connectivity index (χ4n) is 1.82. The molecule has 1 aliphatic rings. The zero-order valence-electron chi connectivity index (χ0n) is 9.72. The van der Waals surface area contributed by atoms with Gasteiger partial charge in [-0.05, 0) is 19.3 Å². The Morgan fingerprint density at radius 3 is 2.35 bits per heavy atom. The molecule has 0 aromatic carbocycles. The van der Waals surface area contributed by atoms with Crippen molar-refractivity contribution in [2.75, 3.05) is 13.2 Å². The summed E-state index contributed by atoms with van der Waals surface area (Å²) in [6.45, 7) is 5.98. The Morgan fingerprint density at radius 2 is 1.94 bits per heavy atom. The van der Waals surface area contributed by atoms with E-state index in [4.69, 9.17) is 4.74 Å². The molecule has 0 saturated carbocycles. The Bertz CT molecular complexity index is 296. The molecule has 0 aliphatic carbocycles. The van der Waals surface area contributed by atoms with E-state index in [0.29, 0.717) is 32.5 Å². The van der Waals surface area contributed by atoms with Gasteiger partial charge in [0.25, 0.3) is 0 Å². The summed E-state index contributed by atoms with van der Waals surface area (Å²) in [4.78, 5) is 12.2. The SMILES string of the molecule is C=C(CC)N(C(=O)C(F)(F)F)C1CCOCC1. The van der Waals surface area contributed by atoms with E-state index in [1.165, 1.54) is 0 Å². The molecular weight excluding hydrogens is 235 g/mol. The molecule has 0 bridgehead atoms. The highest BCUT2D eigenvalue weighted by Gasteiger charge is 2.45. The minimum atomic E-state index is -4.85. The predicted octanol–water partition coefficient (Wildman–Crippen LogP) is 2.48. The van der Waals surface area contributed by atoms with Crippen LogP contribution in [0.4, 0.5) is 13.2 Å². The lowest BCUT2D eigenvalue weighted by Crippen LogP contribution is -2.48. The molecule has 0 atom stereocenters. The Hall–Kier alpha value is -1.04. The van der Waals surface area contributed by atoms with Crippen LogP contribution in [0, 0.1) is 0 Å². The summed E-state index contributed by atoms with van der Waals surface area (Å²) in [5, 5.41) is 0. The first-order valence-corrected chi connectivity index (χ1v) is 5.53. The molecule has 0 unspecified atom stereocenters. The van der Waals surface area contributed by atoms with Crippen LogP contribution in [0.25, 0.3) is 0 Å². The molecule has 1 rings (SSSR count). The van der Waals surface area contributed by atoms with Crippen molar-refractivity contribution in [3.63, 3.8) is 0 Å². The van der Waals surface area contributed by atoms with Crippen molar-refractivity contribution in [1.82, 2.24) is 4.90 Å². The maximum atomic E-state index is 12.5. The number of rotatable bonds is 3. The Kier molecular flexibility index (Phi) is 4.56. The monoisotopic (exact) mass is 251 g/mol. The normalized spacial score (nSPS) is 17.9. The molecule has 3 nitrogen and oxygen atoms in total. The van der Waals surface area contributed by atoms with Gasteiger partial charge in [0.05, 0.1) is 0 Å². The van der Waals surface area contributed by atoms with Crippen molar-refractivity contribution in [1.29, 1.82) is 0 Å². The second-order valence-electron chi connectivity index (χ2n) is 3.94. The average molecular weight is 251 g/mol. The fraction of sp³-hybridized carbons (Fsp3) is 0.727. The minimum absolute atomic E-state index is 0.208. The molecule has 6 heteroatoms. The van der Waals surface area contributed by atoms with E-state index < -0.39 is 18.1 Å². The lowest BCUT2D eigenvalue weighted by atomic mass is 10.1. The number of nitrogens with zero attached hydrogens (tertiary/aromatic N) is 1. The van der Waals surface area contributed by atoms with Gasteiger partial charge < -0.3 is 9.64 Å². The summed E-state index contributed by atoms with van der Waals surface area (Å²) in [5.41, 5.74) is 0.208. The van der Waals surface area contributed by atoms with Crippen LogP contribution in [-0.2, 0) is 9.53 Å². The van der Waals surface area contributed by atoms with Gasteiger partial charge in [-0.25, -0.2) is 0 Å². The first-order chi connectivity index (χ1) is 7.88. The molecule has 1 amide bonds. The zero-order valence-corrected chi connectivity index (χ0v) is 9.72. The molecule has 0 N–H and O–H groups in total. The van der Waals surface area contributed by atoms with Gasteiger partial charge in [-0.3, -0.25) is 4.79 Å². The summed E-state index contributed by atoms with van der Waals surface area (Å²) in [6.07, 6.45) is -3.70. The largest absolute Gasteiger partial charge is 0.471 e. The van der Waals surface area contributed by atoms with E-state index in [2.05, 4.69) is 6.58 Å². The lowest BCUT2D eigenvalue weighted by molar-refractivity contribution is -0.186. The van der Waals surface area contributed by atoms with E-state index >= 15 is 0 Å². The third kappa shape index (κ3) is 3.46. The van der Waals surface area contributed by atoms with E-state index in [1.54, 1.807) is 6.92 Å². The highest BCUT2D eigenvalue weighted by molar-refractivity contribution is 5.83. The van der Waals surface area contributed by atoms with E-state index in [0.717, 1.165) is 4.90 Å². The van der Waals surface area contributed by atoms with Crippen molar-refractivity contribution in [3.8, 4) is 0 Å². The second-order valence-corrected chi connectivity index (χ2v) is 3.94. The number of hydrogen-bond acceptors (Lipinski definition) is 2. The van der Waals surface area contributed by atoms with Crippen molar-refractivity contribution in [3.05, 3.63) is 12.3 Å². The number of alkyl halides is 3. The quantitative estimate of drug-likeness (QED) is 0.771. The number of amides is 1. The summed E-state index contributed by atoms with van der Waals surface area (Å²) < 4.78 is 42.5. The molecule has 98 valence electrons. The molecule has 0 aromatic heterocycles. The topological polar surface area (TPSA) is 29.5 Å². The number of carbonyl (C=O) groups is 1. The Morgan fingerprint density at radius 1 is 1.41 bits per heavy atom. The van der Waals surface area contributed by atoms with Crippen molar-refractivity contribution >= 4 is 5.91 Å². The molecule has 0 aromatic rings. The third-order valence-electron chi connectivity index (χ3n) is 2.77. The average Bonchev–Trinajstić information content (AvgIpc) is 2.29. The minimum Gasteiger partial charge on any atom is -0.381 e. The summed E-state index contributed by atoms with van der Waals surface area (Å²) in [5.74, 6) is -1.82. The van der Waals surface area contributed by atoms with E-state index in [9.17, 15) is 18.0 Å². The number of halogens is 3. The molecule has 17 heavy (non-hydrogen) atoms. The van der Waals surface area contributed by atoms with Gasteiger partial charge in [0, 0.05) is 25.0 Å². The first-order valence-electron chi connectivity index (χ1n) is 5.53. The molecule has 1 fully saturated rings. The van der Waals surface area contributed by atoms with Crippen LogP contribution in [-0.4, -0.2) is 36.2 Å². The molecular formula is C11H16F3NO2. The van der Waals surface area contributed by atoms with Crippen molar-refractivity contribution in [2.45, 2.75) is 38.4 Å². The smallest absolute Gasteiger partial charge is 0.381 e. The maximum Gasteiger partial charge on any atom is 0.471 e. The van der Waals surface area contributed by atoms with Crippen molar-refractivity contribution < 1.29 is 22.7 Å². The van der Waals surface area contributed by atoms with Gasteiger partial charge in [-0.2, -0.15) is 13.2 Å². The van der Waals surface area contributed by atoms with Crippen LogP contribution in [0.5, 0.6) is 0 Å². The highest BCUT2D eigenvalue weighted by Crippen LogP contribution is 2.27. The molecule has 1 aliphatic heterocycles. The third-order valence-corrected chi connectivity index (χ3v) is 2.77. The summed E-state index contributed by atoms with van der Waals surface area (Å²) >= 11 is 0. The number of ether oxygens (including phenoxy) is 1. The molecule has 0 spiro atoms. The van der Waals surface area contributed by atoms with Gasteiger partial charge in [0.15, 0.2) is 0 Å². The first kappa shape index (κ1) is 14.0. The number of carbonyl (C=O) groups excluding carboxylic acids is 1. The fourth-order valence-corrected chi connectivity index (χ4v) is 1.82. The van der Waals surface area contributed by atoms with Crippen LogP contribution < -0.4 is 0 Å². The van der Waals surface area contributed by atoms with Crippen LogP contribution in [0.2, 0.25) is 0 Å². The predicted molar refractivity (Wildman–Crippen MR) is 56.2 cm³/mol. The summed E-state index contributed by atoms with van der Waals surface area (Å²) in [7, 11) is 0. The van der Waals surface area contributed by atoms with Gasteiger partial charge in [0.1, 0.15) is 0 Å². The second kappa shape index (κ2) is 5.53. The van der Waals surface area contributed by atoms with Gasteiger partial charge >= 0.3 is 12.1 Å². The van der Waals surface area contributed by atoms with Crippen LogP contribution in [0.15, 0.2) is 12.3 Å². The standard InChI is InChI=1S/C11H16F3NO2/c1-3-8(2)15(10(16)11(12,13)14)9-4-6-17-7-5-9/h9H,2-7H2,1H3. The number of hydrogen-bond donors (Lipinski definition) is 0. The molecule has 1 saturated heterocycles. The molecule has 0 radical (unpaired) electrons. The van der Waals surface area contributed by atoms with Crippen LogP contribution in [0.3, 0.4) is 0 Å². The van der Waals surface area contributed by atoms with Gasteiger partial charge in [-0.15, -0.1) is 0 Å². The maximum absolute atomic E-state index is 12.5. The zero-order chi connectivity index (χ0) is 13.1. The lowest BCUT2D eigenvalue weighted by Gasteiger charge is -2.35. The van der Waals surface area contributed by atoms with Crippen molar-refractivity contribution in [2.24, 2.45) is 0 Å². The Labute approximate surface area is 98.2 Å². The van der Waals surface area contributed by atoms with Gasteiger partial charge in [-0.1, -0.05) is 13.5 Å². The van der Waals surface area contributed by atoms with Crippen LogP contribution >= 0.6 is 0 Å². The highest BCUT2D eigenvalue weighted by atomic mass is 19.4. The number of allylic oxidation sites excluding steroid dienone is 1. The Balaban J connectivity index is 2.87. The van der Waals surface area contributed by atoms with E-state index in [-0.39, 0.29) is 5.70 Å². The van der Waals surface area contributed by atoms with Crippen LogP contribution in [0.1, 0.15) is 26.2 Å². The van der Waals surface area contributed by atoms with E-state index in [1.807, 2.05) is 0 Å².